The van der Waals surface area contributed by atoms with Gasteiger partial charge in [0.2, 0.25) is 0 Å². The normalized spacial score (nSPS) is 14.5. The smallest absolute Gasteiger partial charge is 0.135 e. The number of nitrogens with two attached hydrogens (primary N) is 1. The first-order valence-corrected chi connectivity index (χ1v) is 8.06. The van der Waals surface area contributed by atoms with Crippen molar-refractivity contribution < 1.29 is 0 Å². The molecule has 5 heteroatoms. The molecular weight excluding hydrogens is 274 g/mol. The van der Waals surface area contributed by atoms with E-state index in [9.17, 15) is 0 Å². The van der Waals surface area contributed by atoms with Gasteiger partial charge in [0, 0.05) is 10.8 Å². The maximum absolute atomic E-state index is 7.65. The summed E-state index contributed by atoms with van der Waals surface area (Å²) < 4.78 is 0. The molecule has 1 saturated carbocycles. The summed E-state index contributed by atoms with van der Waals surface area (Å²) in [6.45, 7) is 0. The number of hydrogen-bond acceptors (Lipinski definition) is 4. The summed E-state index contributed by atoms with van der Waals surface area (Å²) in [5, 5.41) is 8.72. The van der Waals surface area contributed by atoms with Crippen LogP contribution in [0, 0.1) is 5.41 Å². The number of thiazole rings is 1. The highest BCUT2D eigenvalue weighted by Gasteiger charge is 2.30. The van der Waals surface area contributed by atoms with E-state index in [0.717, 1.165) is 21.3 Å². The van der Waals surface area contributed by atoms with Gasteiger partial charge in [0.05, 0.1) is 16.3 Å². The van der Waals surface area contributed by atoms with Gasteiger partial charge < -0.3 is 5.73 Å². The second-order valence-electron chi connectivity index (χ2n) is 4.61. The zero-order valence-corrected chi connectivity index (χ0v) is 12.1. The van der Waals surface area contributed by atoms with Crippen LogP contribution in [0.1, 0.15) is 34.3 Å². The molecule has 0 spiro atoms. The van der Waals surface area contributed by atoms with Crippen molar-refractivity contribution >= 4 is 28.9 Å². The van der Waals surface area contributed by atoms with Gasteiger partial charge in [0.25, 0.3) is 0 Å². The number of nitrogens with zero attached hydrogens (tertiary/aromatic N) is 1. The lowest BCUT2D eigenvalue weighted by atomic mass is 10.2. The Hall–Kier alpha value is -1.33. The molecule has 2 aromatic rings. The summed E-state index contributed by atoms with van der Waals surface area (Å²) in [6.07, 6.45) is 2.38. The molecule has 1 aromatic heterocycles. The van der Waals surface area contributed by atoms with Crippen LogP contribution in [0.4, 0.5) is 0 Å². The third kappa shape index (κ3) is 2.98. The summed E-state index contributed by atoms with van der Waals surface area (Å²) in [6, 6.07) is 10.3. The lowest BCUT2D eigenvalue weighted by molar-refractivity contribution is 1.02. The van der Waals surface area contributed by atoms with Gasteiger partial charge >= 0.3 is 0 Å². The van der Waals surface area contributed by atoms with Gasteiger partial charge in [-0.25, -0.2) is 4.98 Å². The Labute approximate surface area is 120 Å². The lowest BCUT2D eigenvalue weighted by Crippen LogP contribution is -2.11. The maximum atomic E-state index is 7.65. The number of aromatic nitrogens is 1. The Morgan fingerprint density at radius 1 is 1.37 bits per heavy atom. The second kappa shape index (κ2) is 5.35. The molecule has 98 valence electrons. The van der Waals surface area contributed by atoms with Gasteiger partial charge in [-0.2, -0.15) is 0 Å². The number of nitrogen functional groups attached to an aromatic ring is 1. The monoisotopic (exact) mass is 289 g/mol. The molecular formula is C14H15N3S2. The number of rotatable bonds is 5. The van der Waals surface area contributed by atoms with Crippen LogP contribution in [-0.4, -0.2) is 10.8 Å². The molecule has 0 unspecified atom stereocenters. The van der Waals surface area contributed by atoms with Crippen LogP contribution in [0.2, 0.25) is 0 Å². The van der Waals surface area contributed by atoms with Gasteiger partial charge in [-0.1, -0.05) is 18.2 Å². The van der Waals surface area contributed by atoms with Crippen molar-refractivity contribution in [2.45, 2.75) is 29.4 Å². The third-order valence-electron chi connectivity index (χ3n) is 3.01. The first-order chi connectivity index (χ1) is 9.24. The standard InChI is InChI=1S/C14H15N3S2/c15-14(16)13-12(9-6-7-9)17-11(19-13)8-18-10-4-2-1-3-5-10/h1-5,9H,6-8H2,(H3,15,16). The average molecular weight is 289 g/mol. The van der Waals surface area contributed by atoms with E-state index in [0.29, 0.717) is 5.92 Å². The number of hydrogen-bond donors (Lipinski definition) is 2. The van der Waals surface area contributed by atoms with Crippen LogP contribution >= 0.6 is 23.1 Å². The van der Waals surface area contributed by atoms with Gasteiger partial charge in [-0.3, -0.25) is 5.41 Å². The van der Waals surface area contributed by atoms with Crippen molar-refractivity contribution in [3.05, 3.63) is 45.9 Å². The van der Waals surface area contributed by atoms with E-state index in [1.807, 2.05) is 18.2 Å². The molecule has 1 aliphatic rings. The van der Waals surface area contributed by atoms with E-state index in [2.05, 4.69) is 17.1 Å². The molecule has 19 heavy (non-hydrogen) atoms. The number of amidine groups is 1. The molecule has 1 aliphatic carbocycles. The van der Waals surface area contributed by atoms with E-state index >= 15 is 0 Å². The van der Waals surface area contributed by atoms with Gasteiger partial charge in [-0.15, -0.1) is 23.1 Å². The highest BCUT2D eigenvalue weighted by molar-refractivity contribution is 7.98. The highest BCUT2D eigenvalue weighted by Crippen LogP contribution is 2.43. The number of nitrogens with one attached hydrogen (secondary N) is 1. The lowest BCUT2D eigenvalue weighted by Gasteiger charge is -1.97. The maximum Gasteiger partial charge on any atom is 0.135 e. The molecule has 3 N–H and O–H groups in total. The summed E-state index contributed by atoms with van der Waals surface area (Å²) in [7, 11) is 0. The second-order valence-corrected chi connectivity index (χ2v) is 6.74. The Morgan fingerprint density at radius 3 is 2.74 bits per heavy atom. The molecule has 3 rings (SSSR count). The quantitative estimate of drug-likeness (QED) is 0.502. The Balaban J connectivity index is 1.74. The van der Waals surface area contributed by atoms with Crippen LogP contribution in [0.15, 0.2) is 35.2 Å². The van der Waals surface area contributed by atoms with Crippen molar-refractivity contribution in [3.8, 4) is 0 Å². The summed E-state index contributed by atoms with van der Waals surface area (Å²) in [5.74, 6) is 1.56. The first kappa shape index (κ1) is 12.7. The Bertz CT molecular complexity index is 588. The van der Waals surface area contributed by atoms with Gasteiger partial charge in [0.1, 0.15) is 10.8 Å². The molecule has 0 radical (unpaired) electrons. The molecule has 0 saturated heterocycles. The summed E-state index contributed by atoms with van der Waals surface area (Å²) >= 11 is 3.35. The molecule has 1 fully saturated rings. The predicted molar refractivity (Wildman–Crippen MR) is 81.1 cm³/mol. The van der Waals surface area contributed by atoms with Crippen LogP contribution in [-0.2, 0) is 5.75 Å². The number of thioether (sulfide) groups is 1. The van der Waals surface area contributed by atoms with Crippen LogP contribution in [0.25, 0.3) is 0 Å². The van der Waals surface area contributed by atoms with Gasteiger partial charge in [-0.05, 0) is 25.0 Å². The fourth-order valence-electron chi connectivity index (χ4n) is 1.93. The molecule has 0 amide bonds. The highest BCUT2D eigenvalue weighted by atomic mass is 32.2. The molecule has 0 aliphatic heterocycles. The topological polar surface area (TPSA) is 62.8 Å². The zero-order valence-electron chi connectivity index (χ0n) is 10.4. The molecule has 0 atom stereocenters. The molecule has 1 aromatic carbocycles. The van der Waals surface area contributed by atoms with Crippen LogP contribution in [0.3, 0.4) is 0 Å². The molecule has 3 nitrogen and oxygen atoms in total. The zero-order chi connectivity index (χ0) is 13.2. The van der Waals surface area contributed by atoms with E-state index in [1.165, 1.54) is 17.7 Å². The van der Waals surface area contributed by atoms with Crippen molar-refractivity contribution in [2.75, 3.05) is 0 Å². The fourth-order valence-corrected chi connectivity index (χ4v) is 3.85. The minimum absolute atomic E-state index is 0.162. The van der Waals surface area contributed by atoms with Crippen LogP contribution < -0.4 is 5.73 Å². The fraction of sp³-hybridized carbons (Fsp3) is 0.286. The minimum atomic E-state index is 0.162. The number of benzene rings is 1. The predicted octanol–water partition coefficient (Wildman–Crippen LogP) is 3.60. The summed E-state index contributed by atoms with van der Waals surface area (Å²) in [4.78, 5) is 6.81. The van der Waals surface area contributed by atoms with Gasteiger partial charge in [0.15, 0.2) is 0 Å². The Morgan fingerprint density at radius 2 is 2.11 bits per heavy atom. The van der Waals surface area contributed by atoms with Crippen molar-refractivity contribution in [2.24, 2.45) is 5.73 Å². The van der Waals surface area contributed by atoms with Crippen molar-refractivity contribution in [1.29, 1.82) is 5.41 Å². The van der Waals surface area contributed by atoms with E-state index in [4.69, 9.17) is 11.1 Å². The third-order valence-corrected chi connectivity index (χ3v) is 5.32. The Kier molecular flexibility index (Phi) is 3.57. The minimum Gasteiger partial charge on any atom is -0.383 e. The van der Waals surface area contributed by atoms with E-state index < -0.39 is 0 Å². The van der Waals surface area contributed by atoms with Crippen LogP contribution in [0.5, 0.6) is 0 Å². The summed E-state index contributed by atoms with van der Waals surface area (Å²) in [5.41, 5.74) is 6.70. The molecule has 1 heterocycles. The van der Waals surface area contributed by atoms with E-state index in [-0.39, 0.29) is 5.84 Å². The first-order valence-electron chi connectivity index (χ1n) is 6.26. The van der Waals surface area contributed by atoms with Crippen molar-refractivity contribution in [3.63, 3.8) is 0 Å². The van der Waals surface area contributed by atoms with E-state index in [1.54, 1.807) is 23.1 Å². The van der Waals surface area contributed by atoms with Crippen molar-refractivity contribution in [1.82, 2.24) is 4.98 Å². The largest absolute Gasteiger partial charge is 0.383 e. The SMILES string of the molecule is N=C(N)c1sc(CSc2ccccc2)nc1C1CC1. The molecule has 0 bridgehead atoms. The average Bonchev–Trinajstić information content (AvgIpc) is 3.17.